The normalized spacial score (nSPS) is 17.7. The molecule has 0 bridgehead atoms. The molecule has 1 aliphatic rings. The highest BCUT2D eigenvalue weighted by Gasteiger charge is 2.38. The number of fused-ring (bicyclic) bond motifs is 3. The van der Waals surface area contributed by atoms with E-state index in [1.807, 2.05) is 36.4 Å². The van der Waals surface area contributed by atoms with E-state index in [1.54, 1.807) is 12.1 Å². The average molecular weight is 421 g/mol. The second-order valence-corrected chi connectivity index (χ2v) is 7.38. The van der Waals surface area contributed by atoms with Crippen molar-refractivity contribution in [2.75, 3.05) is 6.61 Å². The molecule has 4 rings (SSSR count). The molecule has 6 heteroatoms. The maximum atomic E-state index is 9.76. The minimum absolute atomic E-state index is 0.0380. The molecule has 2 unspecified atom stereocenters. The van der Waals surface area contributed by atoms with Crippen LogP contribution < -0.4 is 9.47 Å². The highest BCUT2D eigenvalue weighted by atomic mass is 35.5. The smallest absolute Gasteiger partial charge is 0.205 e. The maximum absolute atomic E-state index is 9.76. The Hall–Kier alpha value is -3.18. The van der Waals surface area contributed by atoms with Gasteiger partial charge in [0.2, 0.25) is 5.90 Å². The minimum Gasteiger partial charge on any atom is -0.478 e. The first kappa shape index (κ1) is 19.2. The molecule has 3 aromatic carbocycles. The molecule has 4 nitrogen and oxygen atoms in total. The molecule has 0 saturated heterocycles. The van der Waals surface area contributed by atoms with Gasteiger partial charge < -0.3 is 9.47 Å². The Bertz CT molecular complexity index is 1200. The van der Waals surface area contributed by atoms with Gasteiger partial charge in [0, 0.05) is 16.9 Å². The van der Waals surface area contributed by atoms with Crippen LogP contribution in [0.5, 0.6) is 11.5 Å². The van der Waals surface area contributed by atoms with E-state index >= 15 is 0 Å². The molecule has 142 valence electrons. The average Bonchev–Trinajstić information content (AvgIpc) is 2.72. The van der Waals surface area contributed by atoms with Crippen LogP contribution in [0.25, 0.3) is 10.8 Å². The first-order valence-electron chi connectivity index (χ1n) is 8.78. The summed E-state index contributed by atoms with van der Waals surface area (Å²) in [7, 11) is 0. The summed E-state index contributed by atoms with van der Waals surface area (Å²) in [5.74, 6) is 1.86. The van der Waals surface area contributed by atoms with Crippen LogP contribution in [-0.2, 0) is 0 Å². The highest BCUT2D eigenvalue weighted by molar-refractivity contribution is 6.37. The molecular weight excluding hydrogens is 407 g/mol. The Morgan fingerprint density at radius 1 is 1.14 bits per heavy atom. The number of ether oxygens (including phenoxy) is 2. The van der Waals surface area contributed by atoms with Gasteiger partial charge in [-0.15, -0.1) is 6.42 Å². The zero-order valence-electron chi connectivity index (χ0n) is 15.1. The van der Waals surface area contributed by atoms with Crippen LogP contribution in [0, 0.1) is 35.0 Å². The Kier molecular flexibility index (Phi) is 5.07. The standard InChI is InChI=1S/C23H14Cl2N2O2/c1-2-9-28-22-18(24)10-14(11-19(22)25)20-16-8-7-13-5-3-4-6-15(13)21(16)29-23(27)17(20)12-26/h1,3-8,10-11,17,20,27H,9H2. The highest BCUT2D eigenvalue weighted by Crippen LogP contribution is 2.47. The molecule has 0 fully saturated rings. The second kappa shape index (κ2) is 7.68. The van der Waals surface area contributed by atoms with Crippen molar-refractivity contribution in [1.82, 2.24) is 0 Å². The van der Waals surface area contributed by atoms with Gasteiger partial charge in [0.15, 0.2) is 5.75 Å². The summed E-state index contributed by atoms with van der Waals surface area (Å²) in [6, 6.07) is 17.2. The van der Waals surface area contributed by atoms with Crippen molar-refractivity contribution in [2.45, 2.75) is 5.92 Å². The Morgan fingerprint density at radius 3 is 2.55 bits per heavy atom. The fourth-order valence-electron chi connectivity index (χ4n) is 3.64. The Morgan fingerprint density at radius 2 is 1.86 bits per heavy atom. The number of nitriles is 1. The molecule has 2 atom stereocenters. The van der Waals surface area contributed by atoms with Crippen molar-refractivity contribution in [1.29, 1.82) is 10.7 Å². The van der Waals surface area contributed by atoms with Gasteiger partial charge in [-0.3, -0.25) is 5.41 Å². The van der Waals surface area contributed by atoms with Crippen molar-refractivity contribution in [3.05, 3.63) is 69.7 Å². The summed E-state index contributed by atoms with van der Waals surface area (Å²) in [5, 5.41) is 20.5. The number of nitrogens with one attached hydrogen (secondary N) is 1. The first-order valence-corrected chi connectivity index (χ1v) is 9.53. The summed E-state index contributed by atoms with van der Waals surface area (Å²) >= 11 is 12.8. The molecule has 0 saturated carbocycles. The summed E-state index contributed by atoms with van der Waals surface area (Å²) in [5.41, 5.74) is 1.50. The number of terminal acetylenes is 1. The zero-order chi connectivity index (χ0) is 20.5. The fourth-order valence-corrected chi connectivity index (χ4v) is 4.25. The number of benzene rings is 3. The molecule has 29 heavy (non-hydrogen) atoms. The number of halogens is 2. The van der Waals surface area contributed by atoms with Crippen LogP contribution in [0.2, 0.25) is 10.0 Å². The van der Waals surface area contributed by atoms with Crippen molar-refractivity contribution >= 4 is 39.9 Å². The van der Waals surface area contributed by atoms with Crippen LogP contribution in [0.3, 0.4) is 0 Å². The van der Waals surface area contributed by atoms with Gasteiger partial charge in [-0.05, 0) is 23.1 Å². The summed E-state index contributed by atoms with van der Waals surface area (Å²) < 4.78 is 11.2. The fraction of sp³-hybridized carbons (Fsp3) is 0.130. The van der Waals surface area contributed by atoms with Gasteiger partial charge in [0.25, 0.3) is 0 Å². The molecule has 0 aromatic heterocycles. The van der Waals surface area contributed by atoms with E-state index in [0.717, 1.165) is 16.3 Å². The quantitative estimate of drug-likeness (QED) is 0.544. The summed E-state index contributed by atoms with van der Waals surface area (Å²) in [6.45, 7) is 0.0380. The van der Waals surface area contributed by atoms with Crippen molar-refractivity contribution < 1.29 is 9.47 Å². The second-order valence-electron chi connectivity index (χ2n) is 6.56. The van der Waals surface area contributed by atoms with Crippen LogP contribution in [0.15, 0.2) is 48.5 Å². The van der Waals surface area contributed by atoms with Crippen molar-refractivity contribution in [2.24, 2.45) is 5.92 Å². The molecule has 0 radical (unpaired) electrons. The number of hydrogen-bond donors (Lipinski definition) is 1. The van der Waals surface area contributed by atoms with Crippen LogP contribution >= 0.6 is 23.2 Å². The summed E-state index contributed by atoms with van der Waals surface area (Å²) in [6.07, 6.45) is 5.24. The van der Waals surface area contributed by atoms with Gasteiger partial charge in [-0.1, -0.05) is 65.5 Å². The largest absolute Gasteiger partial charge is 0.478 e. The lowest BCUT2D eigenvalue weighted by atomic mass is 9.78. The van der Waals surface area contributed by atoms with Gasteiger partial charge in [-0.25, -0.2) is 0 Å². The molecule has 1 N–H and O–H groups in total. The number of rotatable bonds is 3. The third-order valence-corrected chi connectivity index (χ3v) is 5.45. The topological polar surface area (TPSA) is 66.1 Å². The molecule has 0 amide bonds. The molecule has 0 aliphatic carbocycles. The molecular formula is C23H14Cl2N2O2. The predicted octanol–water partition coefficient (Wildman–Crippen LogP) is 5.80. The monoisotopic (exact) mass is 420 g/mol. The van der Waals surface area contributed by atoms with Crippen molar-refractivity contribution in [3.63, 3.8) is 0 Å². The third kappa shape index (κ3) is 3.28. The zero-order valence-corrected chi connectivity index (χ0v) is 16.6. The lowest BCUT2D eigenvalue weighted by Gasteiger charge is -2.31. The third-order valence-electron chi connectivity index (χ3n) is 4.89. The SMILES string of the molecule is C#CCOc1c(Cl)cc(C2c3ccc4ccccc4c3OC(=N)C2C#N)cc1Cl. The molecule has 3 aromatic rings. The minimum atomic E-state index is -0.812. The van der Waals surface area contributed by atoms with Crippen LogP contribution in [-0.4, -0.2) is 12.5 Å². The van der Waals surface area contributed by atoms with E-state index in [4.69, 9.17) is 44.5 Å². The number of nitrogens with zero attached hydrogens (tertiary/aromatic N) is 1. The van der Waals surface area contributed by atoms with E-state index in [9.17, 15) is 5.26 Å². The van der Waals surface area contributed by atoms with E-state index in [1.165, 1.54) is 0 Å². The Labute approximate surface area is 178 Å². The lowest BCUT2D eigenvalue weighted by molar-refractivity contribution is 0.370. The van der Waals surface area contributed by atoms with E-state index in [-0.39, 0.29) is 12.5 Å². The molecule has 1 heterocycles. The number of hydrogen-bond acceptors (Lipinski definition) is 4. The van der Waals surface area contributed by atoms with Gasteiger partial charge in [0.05, 0.1) is 16.1 Å². The van der Waals surface area contributed by atoms with Crippen LogP contribution in [0.4, 0.5) is 0 Å². The van der Waals surface area contributed by atoms with Crippen molar-refractivity contribution in [3.8, 4) is 29.9 Å². The van der Waals surface area contributed by atoms with E-state index in [2.05, 4.69) is 12.0 Å². The maximum Gasteiger partial charge on any atom is 0.205 e. The van der Waals surface area contributed by atoms with Crippen LogP contribution in [0.1, 0.15) is 17.0 Å². The molecule has 1 aliphatic heterocycles. The molecule has 0 spiro atoms. The predicted molar refractivity (Wildman–Crippen MR) is 114 cm³/mol. The van der Waals surface area contributed by atoms with Gasteiger partial charge in [0.1, 0.15) is 18.3 Å². The van der Waals surface area contributed by atoms with Gasteiger partial charge in [-0.2, -0.15) is 5.26 Å². The lowest BCUT2D eigenvalue weighted by Crippen LogP contribution is -2.31. The van der Waals surface area contributed by atoms with E-state index in [0.29, 0.717) is 27.1 Å². The van der Waals surface area contributed by atoms with Gasteiger partial charge >= 0.3 is 0 Å². The van der Waals surface area contributed by atoms with E-state index < -0.39 is 11.8 Å². The Balaban J connectivity index is 1.91. The first-order chi connectivity index (χ1) is 14.0. The summed E-state index contributed by atoms with van der Waals surface area (Å²) in [4.78, 5) is 0.